The number of nitrogens with zero attached hydrogens (tertiary/aromatic N) is 4. The summed E-state index contributed by atoms with van der Waals surface area (Å²) in [4.78, 5) is 30.5. The van der Waals surface area contributed by atoms with Crippen LogP contribution in [0.25, 0.3) is 11.2 Å². The first-order valence-corrected chi connectivity index (χ1v) is 11.3. The van der Waals surface area contributed by atoms with Gasteiger partial charge in [-0.25, -0.2) is 19.5 Å². The highest BCUT2D eigenvalue weighted by molar-refractivity contribution is 7.78. The number of phosphoric ester groups is 1. The number of aliphatic hydroxyl groups excluding tert-OH is 2. The Morgan fingerprint density at radius 1 is 1.27 bits per heavy atom. The fraction of sp³-hybridized carbons (Fsp3) is 0.625. The van der Waals surface area contributed by atoms with E-state index in [4.69, 9.17) is 26.2 Å². The third-order valence-electron chi connectivity index (χ3n) is 4.55. The van der Waals surface area contributed by atoms with Gasteiger partial charge < -0.3 is 29.5 Å². The van der Waals surface area contributed by atoms with E-state index in [0.717, 1.165) is 19.3 Å². The number of ether oxygens (including phenoxy) is 2. The molecule has 30 heavy (non-hydrogen) atoms. The van der Waals surface area contributed by atoms with Crippen LogP contribution in [0.4, 0.5) is 0 Å². The summed E-state index contributed by atoms with van der Waals surface area (Å²) in [5.74, 6) is 0. The third kappa shape index (κ3) is 5.63. The van der Waals surface area contributed by atoms with Gasteiger partial charge in [-0.15, -0.1) is 0 Å². The van der Waals surface area contributed by atoms with E-state index in [2.05, 4.69) is 15.0 Å². The van der Waals surface area contributed by atoms with Crippen molar-refractivity contribution in [3.05, 3.63) is 18.9 Å². The van der Waals surface area contributed by atoms with Gasteiger partial charge in [0.05, 0.1) is 12.5 Å². The molecule has 3 heterocycles. The second-order valence-electron chi connectivity index (χ2n) is 6.71. The number of hydrogen-bond donors (Lipinski definition) is 4. The second-order valence-corrected chi connectivity index (χ2v) is 8.23. The zero-order chi connectivity index (χ0) is 21.7. The van der Waals surface area contributed by atoms with Gasteiger partial charge in [-0.05, 0) is 24.6 Å². The predicted molar refractivity (Wildman–Crippen MR) is 106 cm³/mol. The number of aromatic nitrogens is 4. The summed E-state index contributed by atoms with van der Waals surface area (Å²) in [5.41, 5.74) is 0.802. The van der Waals surface area contributed by atoms with Crippen molar-refractivity contribution in [3.8, 4) is 0 Å². The SMILES string of the molecule is O=P(O)(O)OC(OCCCCCC=S)[C@H]1O[C@@H](n2cnc3cncnc32)[C@H](O)[C@@H]1O. The van der Waals surface area contributed by atoms with Gasteiger partial charge in [0.1, 0.15) is 30.2 Å². The van der Waals surface area contributed by atoms with Crippen LogP contribution >= 0.6 is 20.0 Å². The predicted octanol–water partition coefficient (Wildman–Crippen LogP) is 0.458. The van der Waals surface area contributed by atoms with Gasteiger partial charge in [-0.1, -0.05) is 18.6 Å². The molecule has 1 aliphatic heterocycles. The third-order valence-corrected chi connectivity index (χ3v) is 5.26. The van der Waals surface area contributed by atoms with Crippen molar-refractivity contribution in [2.45, 2.75) is 56.5 Å². The lowest BCUT2D eigenvalue weighted by molar-refractivity contribution is -0.188. The molecule has 0 aromatic carbocycles. The fourth-order valence-electron chi connectivity index (χ4n) is 3.14. The molecule has 166 valence electrons. The maximum atomic E-state index is 11.4. The molecule has 2 aromatic rings. The molecule has 14 heteroatoms. The second kappa shape index (κ2) is 10.3. The summed E-state index contributed by atoms with van der Waals surface area (Å²) in [7, 11) is -4.96. The zero-order valence-corrected chi connectivity index (χ0v) is 17.5. The molecule has 12 nitrogen and oxygen atoms in total. The molecule has 3 rings (SSSR count). The topological polar surface area (TPSA) is 169 Å². The molecule has 0 aliphatic carbocycles. The van der Waals surface area contributed by atoms with E-state index in [-0.39, 0.29) is 6.61 Å². The Morgan fingerprint density at radius 3 is 2.80 bits per heavy atom. The van der Waals surface area contributed by atoms with Crippen LogP contribution in [0.3, 0.4) is 0 Å². The van der Waals surface area contributed by atoms with Crippen LogP contribution in [0.2, 0.25) is 0 Å². The summed E-state index contributed by atoms with van der Waals surface area (Å²) in [6.07, 6.45) is 0.0529. The smallest absolute Gasteiger partial charge is 0.387 e. The van der Waals surface area contributed by atoms with Crippen molar-refractivity contribution < 1.29 is 38.6 Å². The standard InChI is InChI=1S/C16H23N4O8PS/c21-11-12(22)15(20-9-19-10-7-17-8-18-14(10)20)27-13(11)16(28-29(23,24)25)26-5-3-1-2-4-6-30/h6-9,11-13,15-16,21-22H,1-5H2,(H2,23,24,25)/t11-,12+,13-,15+,16?/m0/s1. The van der Waals surface area contributed by atoms with E-state index in [1.807, 2.05) is 0 Å². The van der Waals surface area contributed by atoms with Crippen molar-refractivity contribution in [2.24, 2.45) is 0 Å². The molecular formula is C16H23N4O8PS. The van der Waals surface area contributed by atoms with E-state index < -0.39 is 38.7 Å². The van der Waals surface area contributed by atoms with E-state index >= 15 is 0 Å². The molecule has 0 radical (unpaired) electrons. The van der Waals surface area contributed by atoms with Crippen LogP contribution in [0, 0.1) is 0 Å². The van der Waals surface area contributed by atoms with Gasteiger partial charge in [0.15, 0.2) is 18.2 Å². The molecule has 0 amide bonds. The maximum absolute atomic E-state index is 11.4. The van der Waals surface area contributed by atoms with Gasteiger partial charge in [0.25, 0.3) is 0 Å². The molecule has 1 unspecified atom stereocenters. The lowest BCUT2D eigenvalue weighted by Crippen LogP contribution is -2.41. The normalized spacial score (nSPS) is 25.6. The van der Waals surface area contributed by atoms with Crippen molar-refractivity contribution in [2.75, 3.05) is 6.61 Å². The summed E-state index contributed by atoms with van der Waals surface area (Å²) >= 11 is 4.76. The van der Waals surface area contributed by atoms with E-state index in [1.165, 1.54) is 23.4 Å². The Labute approximate surface area is 177 Å². The summed E-state index contributed by atoms with van der Waals surface area (Å²) in [6, 6.07) is 0. The lowest BCUT2D eigenvalue weighted by Gasteiger charge is -2.26. The van der Waals surface area contributed by atoms with Crippen molar-refractivity contribution >= 4 is 36.6 Å². The van der Waals surface area contributed by atoms with E-state index in [9.17, 15) is 24.6 Å². The minimum absolute atomic E-state index is 0.108. The minimum atomic E-state index is -4.96. The molecule has 0 bridgehead atoms. The average molecular weight is 462 g/mol. The highest BCUT2D eigenvalue weighted by atomic mass is 32.1. The number of imidazole rings is 1. The van der Waals surface area contributed by atoms with Gasteiger partial charge in [-0.2, -0.15) is 0 Å². The number of rotatable bonds is 11. The highest BCUT2D eigenvalue weighted by Crippen LogP contribution is 2.42. The number of unbranched alkanes of at least 4 members (excludes halogenated alkanes) is 3. The minimum Gasteiger partial charge on any atom is -0.387 e. The summed E-state index contributed by atoms with van der Waals surface area (Å²) in [5, 5.41) is 22.6. The lowest BCUT2D eigenvalue weighted by atomic mass is 10.1. The van der Waals surface area contributed by atoms with E-state index in [1.54, 1.807) is 5.37 Å². The fourth-order valence-corrected chi connectivity index (χ4v) is 3.76. The Bertz CT molecular complexity index is 895. The molecule has 4 N–H and O–H groups in total. The number of aliphatic hydroxyl groups is 2. The number of phosphoric acid groups is 1. The number of thiocarbonyl (C=S) groups is 1. The molecule has 2 aromatic heterocycles. The summed E-state index contributed by atoms with van der Waals surface area (Å²) < 4.78 is 28.6. The quantitative estimate of drug-likeness (QED) is 0.158. The Hall–Kier alpha value is -1.41. The van der Waals surface area contributed by atoms with Gasteiger partial charge >= 0.3 is 7.82 Å². The maximum Gasteiger partial charge on any atom is 0.472 e. The van der Waals surface area contributed by atoms with Crippen LogP contribution < -0.4 is 0 Å². The first-order valence-electron chi connectivity index (χ1n) is 9.25. The number of fused-ring (bicyclic) bond motifs is 1. The zero-order valence-electron chi connectivity index (χ0n) is 15.8. The van der Waals surface area contributed by atoms with E-state index in [0.29, 0.717) is 17.6 Å². The van der Waals surface area contributed by atoms with Crippen LogP contribution in [-0.4, -0.2) is 76.1 Å². The van der Waals surface area contributed by atoms with Crippen LogP contribution in [-0.2, 0) is 18.6 Å². The van der Waals surface area contributed by atoms with Gasteiger partial charge in [0.2, 0.25) is 0 Å². The molecule has 1 fully saturated rings. The Morgan fingerprint density at radius 2 is 2.07 bits per heavy atom. The molecule has 0 spiro atoms. The van der Waals surface area contributed by atoms with Crippen molar-refractivity contribution in [1.29, 1.82) is 0 Å². The Kier molecular flexibility index (Phi) is 7.96. The van der Waals surface area contributed by atoms with Crippen molar-refractivity contribution in [1.82, 2.24) is 19.5 Å². The first-order chi connectivity index (χ1) is 14.3. The monoisotopic (exact) mass is 462 g/mol. The van der Waals surface area contributed by atoms with Gasteiger partial charge in [0, 0.05) is 6.61 Å². The van der Waals surface area contributed by atoms with Crippen LogP contribution in [0.15, 0.2) is 18.9 Å². The molecule has 1 saturated heterocycles. The first kappa shape index (κ1) is 23.3. The van der Waals surface area contributed by atoms with Crippen LogP contribution in [0.5, 0.6) is 0 Å². The highest BCUT2D eigenvalue weighted by Gasteiger charge is 2.50. The van der Waals surface area contributed by atoms with Crippen molar-refractivity contribution in [3.63, 3.8) is 0 Å². The molecule has 1 aliphatic rings. The molecule has 0 saturated carbocycles. The number of hydrogen-bond acceptors (Lipinski definition) is 10. The molecular weight excluding hydrogens is 439 g/mol. The largest absolute Gasteiger partial charge is 0.472 e. The Balaban J connectivity index is 1.72. The average Bonchev–Trinajstić information content (AvgIpc) is 3.24. The summed E-state index contributed by atoms with van der Waals surface area (Å²) in [6.45, 7) is 0.108. The molecule has 5 atom stereocenters. The van der Waals surface area contributed by atoms with Crippen LogP contribution in [0.1, 0.15) is 31.9 Å². The van der Waals surface area contributed by atoms with Gasteiger partial charge in [-0.3, -0.25) is 9.09 Å².